The highest BCUT2D eigenvalue weighted by atomic mass is 35.5. The number of rotatable bonds is 8. The second kappa shape index (κ2) is 13.2. The molecule has 238 valence electrons. The Balaban J connectivity index is 1.31. The summed E-state index contributed by atoms with van der Waals surface area (Å²) >= 11 is 9.45. The molecule has 0 radical (unpaired) electrons. The van der Waals surface area contributed by atoms with Crippen LogP contribution in [0, 0.1) is 6.92 Å². The van der Waals surface area contributed by atoms with Crippen LogP contribution in [0.2, 0.25) is 5.02 Å². The van der Waals surface area contributed by atoms with Gasteiger partial charge in [-0.15, -0.1) is 0 Å². The molecular formula is C34H29ClN6O3S3. The van der Waals surface area contributed by atoms with Crippen molar-refractivity contribution in [1.82, 2.24) is 24.2 Å². The Hall–Kier alpha value is -4.07. The molecule has 4 heterocycles. The van der Waals surface area contributed by atoms with Gasteiger partial charge in [0.2, 0.25) is 15.8 Å². The predicted molar refractivity (Wildman–Crippen MR) is 190 cm³/mol. The molecule has 3 aromatic heterocycles. The molecule has 13 heteroatoms. The van der Waals surface area contributed by atoms with E-state index in [1.54, 1.807) is 48.7 Å². The SMILES string of the molecule is Cc1ccc(-c2cc3cnc(Nc4ccc(C5CNCCS5)cc4)nc3n(Cc3cnsc3S(=O)(=O)c3ccccc3)c2=O)c(Cl)c1. The molecule has 47 heavy (non-hydrogen) atoms. The van der Waals surface area contributed by atoms with E-state index in [1.807, 2.05) is 43.0 Å². The summed E-state index contributed by atoms with van der Waals surface area (Å²) in [4.78, 5) is 23.8. The highest BCUT2D eigenvalue weighted by Crippen LogP contribution is 2.33. The lowest BCUT2D eigenvalue weighted by molar-refractivity contribution is 0.596. The molecule has 7 rings (SSSR count). The van der Waals surface area contributed by atoms with E-state index >= 15 is 0 Å². The Bertz CT molecular complexity index is 2250. The number of benzene rings is 3. The van der Waals surface area contributed by atoms with Crippen LogP contribution in [0.4, 0.5) is 11.6 Å². The van der Waals surface area contributed by atoms with Gasteiger partial charge in [-0.2, -0.15) is 21.1 Å². The Morgan fingerprint density at radius 2 is 1.83 bits per heavy atom. The lowest BCUT2D eigenvalue weighted by atomic mass is 10.0. The van der Waals surface area contributed by atoms with E-state index in [1.165, 1.54) is 16.3 Å². The van der Waals surface area contributed by atoms with Crippen LogP contribution in [0.15, 0.2) is 105 Å². The smallest absolute Gasteiger partial charge is 0.260 e. The molecule has 1 fully saturated rings. The van der Waals surface area contributed by atoms with Gasteiger partial charge >= 0.3 is 0 Å². The van der Waals surface area contributed by atoms with Crippen LogP contribution in [0.1, 0.15) is 21.9 Å². The standard InChI is InChI=1S/C34H29ClN6O3S3/c1-21-7-12-27(29(35)15-21)28-16-23-17-37-34(39-25-10-8-22(9-11-25)30-19-36-13-14-45-30)40-31(23)41(32(28)42)20-24-18-38-46-33(24)47(43,44)26-5-3-2-4-6-26/h2-12,15-18,30,36H,13-14,19-20H2,1H3,(H,37,39,40). The summed E-state index contributed by atoms with van der Waals surface area (Å²) in [6, 6.07) is 23.6. The van der Waals surface area contributed by atoms with E-state index in [2.05, 4.69) is 32.1 Å². The fraction of sp³-hybridized carbons (Fsp3) is 0.176. The minimum Gasteiger partial charge on any atom is -0.324 e. The Kier molecular flexibility index (Phi) is 8.86. The molecule has 1 unspecified atom stereocenters. The quantitative estimate of drug-likeness (QED) is 0.175. The lowest BCUT2D eigenvalue weighted by Crippen LogP contribution is -2.28. The van der Waals surface area contributed by atoms with E-state index in [0.29, 0.717) is 43.9 Å². The molecule has 3 aromatic carbocycles. The number of pyridine rings is 1. The number of halogens is 1. The number of aromatic nitrogens is 4. The van der Waals surface area contributed by atoms with Crippen LogP contribution >= 0.6 is 34.9 Å². The number of nitrogens with zero attached hydrogens (tertiary/aromatic N) is 4. The second-order valence-corrected chi connectivity index (χ2v) is 15.8. The van der Waals surface area contributed by atoms with Gasteiger partial charge in [0, 0.05) is 69.3 Å². The molecule has 9 nitrogen and oxygen atoms in total. The van der Waals surface area contributed by atoms with Gasteiger partial charge in [-0.25, -0.2) is 13.4 Å². The van der Waals surface area contributed by atoms with E-state index in [9.17, 15) is 13.2 Å². The monoisotopic (exact) mass is 700 g/mol. The van der Waals surface area contributed by atoms with Crippen LogP contribution in [0.25, 0.3) is 22.2 Å². The fourth-order valence-corrected chi connectivity index (χ4v) is 9.52. The van der Waals surface area contributed by atoms with Crippen molar-refractivity contribution in [2.75, 3.05) is 24.2 Å². The first-order valence-electron chi connectivity index (χ1n) is 14.9. The highest BCUT2D eigenvalue weighted by molar-refractivity contribution is 7.99. The molecule has 2 N–H and O–H groups in total. The van der Waals surface area contributed by atoms with E-state index < -0.39 is 9.84 Å². The van der Waals surface area contributed by atoms with Crippen molar-refractivity contribution in [3.63, 3.8) is 0 Å². The third-order valence-electron chi connectivity index (χ3n) is 7.94. The maximum Gasteiger partial charge on any atom is 0.260 e. The van der Waals surface area contributed by atoms with Crippen molar-refractivity contribution in [3.8, 4) is 11.1 Å². The summed E-state index contributed by atoms with van der Waals surface area (Å²) in [5.41, 5.74) is 4.28. The zero-order chi connectivity index (χ0) is 32.5. The summed E-state index contributed by atoms with van der Waals surface area (Å²) < 4.78 is 33.0. The maximum absolute atomic E-state index is 14.3. The van der Waals surface area contributed by atoms with E-state index in [4.69, 9.17) is 16.6 Å². The molecular weight excluding hydrogens is 672 g/mol. The summed E-state index contributed by atoms with van der Waals surface area (Å²) in [5.74, 6) is 1.38. The molecule has 0 aliphatic carbocycles. The van der Waals surface area contributed by atoms with Crippen molar-refractivity contribution in [1.29, 1.82) is 0 Å². The third-order valence-corrected chi connectivity index (χ3v) is 12.7. The second-order valence-electron chi connectivity index (χ2n) is 11.2. The molecule has 1 saturated heterocycles. The predicted octanol–water partition coefficient (Wildman–Crippen LogP) is 6.88. The zero-order valence-electron chi connectivity index (χ0n) is 25.2. The molecule has 0 amide bonds. The minimum absolute atomic E-state index is 0.0707. The van der Waals surface area contributed by atoms with Gasteiger partial charge in [-0.1, -0.05) is 54.1 Å². The van der Waals surface area contributed by atoms with Gasteiger partial charge in [-0.3, -0.25) is 9.36 Å². The van der Waals surface area contributed by atoms with Crippen molar-refractivity contribution in [2.45, 2.75) is 27.8 Å². The molecule has 0 bridgehead atoms. The van der Waals surface area contributed by atoms with Gasteiger partial charge in [0.1, 0.15) is 9.86 Å². The number of fused-ring (bicyclic) bond motifs is 1. The van der Waals surface area contributed by atoms with E-state index in [0.717, 1.165) is 41.6 Å². The summed E-state index contributed by atoms with van der Waals surface area (Å²) in [7, 11) is -3.88. The number of hydrogen-bond acceptors (Lipinski definition) is 10. The van der Waals surface area contributed by atoms with Gasteiger partial charge in [0.15, 0.2) is 0 Å². The summed E-state index contributed by atoms with van der Waals surface area (Å²) in [5, 5.41) is 8.14. The zero-order valence-corrected chi connectivity index (χ0v) is 28.4. The average Bonchev–Trinajstić information content (AvgIpc) is 3.57. The molecule has 1 atom stereocenters. The van der Waals surface area contributed by atoms with Crippen molar-refractivity contribution < 1.29 is 8.42 Å². The van der Waals surface area contributed by atoms with Gasteiger partial charge in [0.25, 0.3) is 5.56 Å². The summed E-state index contributed by atoms with van der Waals surface area (Å²) in [6.07, 6.45) is 3.14. The topological polar surface area (TPSA) is 119 Å². The van der Waals surface area contributed by atoms with Gasteiger partial charge in [-0.05, 0) is 66.0 Å². The Morgan fingerprint density at radius 3 is 2.57 bits per heavy atom. The number of hydrogen-bond donors (Lipinski definition) is 2. The first-order chi connectivity index (χ1) is 22.8. The Labute approximate surface area is 285 Å². The third kappa shape index (κ3) is 6.43. The number of aryl methyl sites for hydroxylation is 1. The maximum atomic E-state index is 14.3. The Morgan fingerprint density at radius 1 is 1.02 bits per heavy atom. The molecule has 6 aromatic rings. The largest absolute Gasteiger partial charge is 0.324 e. The van der Waals surface area contributed by atoms with Crippen LogP contribution in [-0.4, -0.2) is 46.2 Å². The van der Waals surface area contributed by atoms with Crippen molar-refractivity contribution in [2.24, 2.45) is 0 Å². The van der Waals surface area contributed by atoms with Crippen molar-refractivity contribution in [3.05, 3.63) is 123 Å². The first kappa shape index (κ1) is 31.5. The van der Waals surface area contributed by atoms with Crippen LogP contribution < -0.4 is 16.2 Å². The fourth-order valence-electron chi connectivity index (χ4n) is 5.54. The van der Waals surface area contributed by atoms with Gasteiger partial charge < -0.3 is 10.6 Å². The first-order valence-corrected chi connectivity index (χ1v) is 18.6. The molecule has 1 aliphatic heterocycles. The van der Waals surface area contributed by atoms with Crippen LogP contribution in [0.3, 0.4) is 0 Å². The average molecular weight is 701 g/mol. The minimum atomic E-state index is -3.88. The number of anilines is 2. The summed E-state index contributed by atoms with van der Waals surface area (Å²) in [6.45, 7) is 3.81. The number of sulfone groups is 1. The highest BCUT2D eigenvalue weighted by Gasteiger charge is 2.25. The lowest BCUT2D eigenvalue weighted by Gasteiger charge is -2.22. The number of thioether (sulfide) groups is 1. The molecule has 0 spiro atoms. The molecule has 0 saturated carbocycles. The molecule has 1 aliphatic rings. The normalized spacial score (nSPS) is 15.1. The van der Waals surface area contributed by atoms with Gasteiger partial charge in [0.05, 0.1) is 11.4 Å². The number of nitrogens with one attached hydrogen (secondary N) is 2. The van der Waals surface area contributed by atoms with Crippen LogP contribution in [-0.2, 0) is 16.4 Å². The van der Waals surface area contributed by atoms with E-state index in [-0.39, 0.29) is 21.2 Å². The van der Waals surface area contributed by atoms with Crippen molar-refractivity contribution >= 4 is 67.4 Å². The van der Waals surface area contributed by atoms with Crippen LogP contribution in [0.5, 0.6) is 0 Å².